The van der Waals surface area contributed by atoms with Crippen LogP contribution in [0.2, 0.25) is 5.02 Å². The van der Waals surface area contributed by atoms with Crippen molar-refractivity contribution in [2.24, 2.45) is 0 Å². The van der Waals surface area contributed by atoms with E-state index in [1.54, 1.807) is 4.68 Å². The van der Waals surface area contributed by atoms with Gasteiger partial charge in [-0.3, -0.25) is 9.48 Å². The Kier molecular flexibility index (Phi) is 6.86. The van der Waals surface area contributed by atoms with Crippen molar-refractivity contribution in [1.82, 2.24) is 15.1 Å². The second kappa shape index (κ2) is 9.96. The molecule has 1 fully saturated rings. The first-order valence-corrected chi connectivity index (χ1v) is 10.6. The highest BCUT2D eigenvalue weighted by molar-refractivity contribution is 6.34. The normalized spacial score (nSPS) is 16.1. The first-order valence-electron chi connectivity index (χ1n) is 10.2. The second-order valence-corrected chi connectivity index (χ2v) is 7.83. The molecule has 1 aromatic heterocycles. The number of hydrogen-bond donors (Lipinski definition) is 2. The van der Waals surface area contributed by atoms with Gasteiger partial charge in [-0.2, -0.15) is 5.10 Å². The van der Waals surface area contributed by atoms with Crippen LogP contribution in [0.3, 0.4) is 0 Å². The molecule has 0 radical (unpaired) electrons. The van der Waals surface area contributed by atoms with Crippen LogP contribution in [0.1, 0.15) is 21.6 Å². The number of amides is 1. The molecule has 2 N–H and O–H groups in total. The molecule has 0 bridgehead atoms. The minimum absolute atomic E-state index is 0.0564. The number of ether oxygens (including phenoxy) is 2. The van der Waals surface area contributed by atoms with Gasteiger partial charge in [0.2, 0.25) is 0 Å². The van der Waals surface area contributed by atoms with Crippen LogP contribution in [-0.2, 0) is 17.9 Å². The largest absolute Gasteiger partial charge is 0.489 e. The van der Waals surface area contributed by atoms with Crippen LogP contribution in [0.4, 0.5) is 5.69 Å². The van der Waals surface area contributed by atoms with E-state index in [9.17, 15) is 4.79 Å². The highest BCUT2D eigenvalue weighted by Crippen LogP contribution is 2.24. The van der Waals surface area contributed by atoms with Crippen LogP contribution in [-0.4, -0.2) is 41.5 Å². The molecule has 2 aromatic carbocycles. The van der Waals surface area contributed by atoms with Gasteiger partial charge >= 0.3 is 0 Å². The lowest BCUT2D eigenvalue weighted by Gasteiger charge is -2.24. The summed E-state index contributed by atoms with van der Waals surface area (Å²) in [5.41, 5.74) is 3.00. The van der Waals surface area contributed by atoms with Crippen molar-refractivity contribution >= 4 is 23.2 Å². The van der Waals surface area contributed by atoms with Gasteiger partial charge in [-0.1, -0.05) is 41.9 Å². The molecule has 162 valence electrons. The third kappa shape index (κ3) is 5.44. The van der Waals surface area contributed by atoms with E-state index in [0.717, 1.165) is 23.4 Å². The van der Waals surface area contributed by atoms with E-state index < -0.39 is 0 Å². The lowest BCUT2D eigenvalue weighted by molar-refractivity contribution is 0.0157. The average molecular weight is 441 g/mol. The molecule has 0 spiro atoms. The zero-order valence-corrected chi connectivity index (χ0v) is 18.1. The molecular formula is C23H25ClN4O3. The SMILES string of the molecule is Cc1cc(OCc2ccccc2)ccc1NC(=O)c1c(Cl)cnn1CC1CNCCO1. The lowest BCUT2D eigenvalue weighted by Crippen LogP contribution is -2.41. The Hall–Kier alpha value is -2.87. The van der Waals surface area contributed by atoms with Gasteiger partial charge in [-0.25, -0.2) is 0 Å². The Morgan fingerprint density at radius 1 is 1.32 bits per heavy atom. The molecule has 3 aromatic rings. The maximum absolute atomic E-state index is 13.0. The summed E-state index contributed by atoms with van der Waals surface area (Å²) in [5, 5.41) is 10.8. The van der Waals surface area contributed by atoms with Gasteiger partial charge in [0.1, 0.15) is 18.1 Å². The number of aryl methyl sites for hydroxylation is 1. The van der Waals surface area contributed by atoms with Crippen LogP contribution in [0, 0.1) is 6.92 Å². The van der Waals surface area contributed by atoms with Gasteiger partial charge in [0.25, 0.3) is 5.91 Å². The molecule has 1 unspecified atom stereocenters. The molecule has 2 heterocycles. The fourth-order valence-electron chi connectivity index (χ4n) is 3.45. The number of halogens is 1. The molecule has 1 aliphatic heterocycles. The maximum atomic E-state index is 13.0. The van der Waals surface area contributed by atoms with E-state index in [4.69, 9.17) is 21.1 Å². The topological polar surface area (TPSA) is 77.4 Å². The predicted octanol–water partition coefficient (Wildman–Crippen LogP) is 3.66. The molecule has 0 saturated carbocycles. The molecule has 1 atom stereocenters. The maximum Gasteiger partial charge on any atom is 0.275 e. The number of benzene rings is 2. The summed E-state index contributed by atoms with van der Waals surface area (Å²) in [5.74, 6) is 0.427. The number of hydrogen-bond acceptors (Lipinski definition) is 5. The summed E-state index contributed by atoms with van der Waals surface area (Å²) in [7, 11) is 0. The molecule has 4 rings (SSSR count). The second-order valence-electron chi connectivity index (χ2n) is 7.43. The van der Waals surface area contributed by atoms with Crippen LogP contribution in [0.25, 0.3) is 0 Å². The fourth-order valence-corrected chi connectivity index (χ4v) is 3.67. The third-order valence-electron chi connectivity index (χ3n) is 5.09. The molecule has 7 nitrogen and oxygen atoms in total. The highest BCUT2D eigenvalue weighted by Gasteiger charge is 2.22. The zero-order valence-electron chi connectivity index (χ0n) is 17.3. The van der Waals surface area contributed by atoms with E-state index in [0.29, 0.717) is 42.7 Å². The fraction of sp³-hybridized carbons (Fsp3) is 0.304. The molecule has 1 amide bonds. The Bertz CT molecular complexity index is 1030. The summed E-state index contributed by atoms with van der Waals surface area (Å²) in [6.45, 7) is 5.03. The molecule has 1 aliphatic rings. The number of rotatable bonds is 7. The minimum atomic E-state index is -0.313. The first-order chi connectivity index (χ1) is 15.1. The predicted molar refractivity (Wildman–Crippen MR) is 120 cm³/mol. The van der Waals surface area contributed by atoms with E-state index in [2.05, 4.69) is 15.7 Å². The average Bonchev–Trinajstić information content (AvgIpc) is 3.15. The summed E-state index contributed by atoms with van der Waals surface area (Å²) >= 11 is 6.27. The molecule has 0 aliphatic carbocycles. The number of nitrogens with one attached hydrogen (secondary N) is 2. The van der Waals surface area contributed by atoms with Crippen molar-refractivity contribution in [3.8, 4) is 5.75 Å². The van der Waals surface area contributed by atoms with E-state index in [1.165, 1.54) is 6.20 Å². The minimum Gasteiger partial charge on any atom is -0.489 e. The van der Waals surface area contributed by atoms with Gasteiger partial charge < -0.3 is 20.1 Å². The number of carbonyl (C=O) groups is 1. The van der Waals surface area contributed by atoms with Gasteiger partial charge in [0, 0.05) is 18.8 Å². The van der Waals surface area contributed by atoms with Crippen molar-refractivity contribution in [2.45, 2.75) is 26.2 Å². The molecule has 31 heavy (non-hydrogen) atoms. The van der Waals surface area contributed by atoms with E-state index >= 15 is 0 Å². The Balaban J connectivity index is 1.42. The number of carbonyl (C=O) groups excluding carboxylic acids is 1. The number of anilines is 1. The summed E-state index contributed by atoms with van der Waals surface area (Å²) in [6.07, 6.45) is 1.43. The quantitative estimate of drug-likeness (QED) is 0.586. The van der Waals surface area contributed by atoms with Crippen LogP contribution in [0.5, 0.6) is 5.75 Å². The number of nitrogens with zero attached hydrogens (tertiary/aromatic N) is 2. The lowest BCUT2D eigenvalue weighted by atomic mass is 10.2. The van der Waals surface area contributed by atoms with E-state index in [1.807, 2.05) is 55.5 Å². The molecule has 8 heteroatoms. The van der Waals surface area contributed by atoms with E-state index in [-0.39, 0.29) is 12.0 Å². The zero-order chi connectivity index (χ0) is 21.6. The van der Waals surface area contributed by atoms with Gasteiger partial charge in [-0.15, -0.1) is 0 Å². The highest BCUT2D eigenvalue weighted by atomic mass is 35.5. The molecular weight excluding hydrogens is 416 g/mol. The monoisotopic (exact) mass is 440 g/mol. The van der Waals surface area contributed by atoms with Gasteiger partial charge in [-0.05, 0) is 36.2 Å². The van der Waals surface area contributed by atoms with Crippen molar-refractivity contribution in [2.75, 3.05) is 25.0 Å². The summed E-state index contributed by atoms with van der Waals surface area (Å²) in [4.78, 5) is 13.0. The third-order valence-corrected chi connectivity index (χ3v) is 5.36. The number of aromatic nitrogens is 2. The Morgan fingerprint density at radius 2 is 2.16 bits per heavy atom. The van der Waals surface area contributed by atoms with Crippen molar-refractivity contribution < 1.29 is 14.3 Å². The van der Waals surface area contributed by atoms with Gasteiger partial charge in [0.05, 0.1) is 30.5 Å². The summed E-state index contributed by atoms with van der Waals surface area (Å²) < 4.78 is 13.2. The van der Waals surface area contributed by atoms with Crippen LogP contribution >= 0.6 is 11.6 Å². The van der Waals surface area contributed by atoms with Crippen molar-refractivity contribution in [3.63, 3.8) is 0 Å². The molecule has 1 saturated heterocycles. The standard InChI is InChI=1S/C23H25ClN4O3/c1-16-11-18(31-15-17-5-3-2-4-6-17)7-8-21(16)27-23(29)22-20(24)13-26-28(22)14-19-12-25-9-10-30-19/h2-8,11,13,19,25H,9-10,12,14-15H2,1H3,(H,27,29). The summed E-state index contributed by atoms with van der Waals surface area (Å²) in [6, 6.07) is 15.5. The van der Waals surface area contributed by atoms with Gasteiger partial charge in [0.15, 0.2) is 0 Å². The van der Waals surface area contributed by atoms with Crippen molar-refractivity contribution in [1.29, 1.82) is 0 Å². The Labute approximate surface area is 186 Å². The Morgan fingerprint density at radius 3 is 2.90 bits per heavy atom. The number of morpholine rings is 1. The van der Waals surface area contributed by atoms with Crippen LogP contribution < -0.4 is 15.4 Å². The van der Waals surface area contributed by atoms with Crippen molar-refractivity contribution in [3.05, 3.63) is 76.6 Å². The first kappa shape index (κ1) is 21.4. The smallest absolute Gasteiger partial charge is 0.275 e. The van der Waals surface area contributed by atoms with Crippen LogP contribution in [0.15, 0.2) is 54.7 Å².